The van der Waals surface area contributed by atoms with Crippen molar-refractivity contribution >= 4 is 0 Å². The van der Waals surface area contributed by atoms with Crippen LogP contribution in [0, 0.1) is 5.92 Å². The third kappa shape index (κ3) is 3.85. The van der Waals surface area contributed by atoms with Gasteiger partial charge in [-0.15, -0.1) is 0 Å². The lowest BCUT2D eigenvalue weighted by Crippen LogP contribution is -2.19. The second-order valence-electron chi connectivity index (χ2n) is 3.88. The molecule has 0 aliphatic rings. The standard InChI is InChI=1S/C11H19N3/c1-9(2)7-13-8-10-3-4-14-11(5-10)6-12/h3-5,9,13H,6-8,12H2,1-2H3. The number of pyridine rings is 1. The lowest BCUT2D eigenvalue weighted by atomic mass is 10.2. The van der Waals surface area contributed by atoms with Crippen molar-refractivity contribution in [3.8, 4) is 0 Å². The Hall–Kier alpha value is -0.930. The summed E-state index contributed by atoms with van der Waals surface area (Å²) in [4.78, 5) is 4.15. The van der Waals surface area contributed by atoms with Gasteiger partial charge in [-0.05, 0) is 30.2 Å². The molecule has 0 bridgehead atoms. The van der Waals surface area contributed by atoms with Crippen LogP contribution in [0.25, 0.3) is 0 Å². The maximum atomic E-state index is 5.51. The van der Waals surface area contributed by atoms with Crippen molar-refractivity contribution < 1.29 is 0 Å². The van der Waals surface area contributed by atoms with E-state index in [0.29, 0.717) is 12.5 Å². The Morgan fingerprint density at radius 3 is 2.93 bits per heavy atom. The van der Waals surface area contributed by atoms with Gasteiger partial charge in [0.25, 0.3) is 0 Å². The van der Waals surface area contributed by atoms with Crippen LogP contribution in [0.2, 0.25) is 0 Å². The van der Waals surface area contributed by atoms with Gasteiger partial charge in [-0.1, -0.05) is 13.8 Å². The van der Waals surface area contributed by atoms with Crippen LogP contribution < -0.4 is 11.1 Å². The van der Waals surface area contributed by atoms with Crippen LogP contribution in [-0.2, 0) is 13.1 Å². The van der Waals surface area contributed by atoms with Crippen molar-refractivity contribution in [1.82, 2.24) is 10.3 Å². The molecule has 14 heavy (non-hydrogen) atoms. The van der Waals surface area contributed by atoms with Gasteiger partial charge < -0.3 is 11.1 Å². The minimum absolute atomic E-state index is 0.512. The normalized spacial score (nSPS) is 10.9. The summed E-state index contributed by atoms with van der Waals surface area (Å²) in [7, 11) is 0. The fraction of sp³-hybridized carbons (Fsp3) is 0.545. The number of nitrogens with zero attached hydrogens (tertiary/aromatic N) is 1. The van der Waals surface area contributed by atoms with Crippen molar-refractivity contribution in [2.24, 2.45) is 11.7 Å². The minimum Gasteiger partial charge on any atom is -0.325 e. The first-order chi connectivity index (χ1) is 6.72. The van der Waals surface area contributed by atoms with Gasteiger partial charge in [0.05, 0.1) is 5.69 Å². The Bertz CT molecular complexity index is 271. The molecule has 3 N–H and O–H groups in total. The van der Waals surface area contributed by atoms with Crippen LogP contribution in [0.5, 0.6) is 0 Å². The van der Waals surface area contributed by atoms with Gasteiger partial charge in [0.2, 0.25) is 0 Å². The first-order valence-corrected chi connectivity index (χ1v) is 5.07. The average molecular weight is 193 g/mol. The Balaban J connectivity index is 2.42. The zero-order valence-corrected chi connectivity index (χ0v) is 8.96. The molecule has 3 heteroatoms. The van der Waals surface area contributed by atoms with Gasteiger partial charge in [0, 0.05) is 19.3 Å². The van der Waals surface area contributed by atoms with E-state index in [1.54, 1.807) is 0 Å². The predicted octanol–water partition coefficient (Wildman–Crippen LogP) is 1.29. The van der Waals surface area contributed by atoms with Crippen LogP contribution in [0.3, 0.4) is 0 Å². The van der Waals surface area contributed by atoms with Crippen molar-refractivity contribution in [3.05, 3.63) is 29.6 Å². The molecule has 78 valence electrons. The van der Waals surface area contributed by atoms with Gasteiger partial charge in [-0.25, -0.2) is 0 Å². The SMILES string of the molecule is CC(C)CNCc1ccnc(CN)c1. The fourth-order valence-electron chi connectivity index (χ4n) is 1.25. The third-order valence-corrected chi connectivity index (χ3v) is 1.97. The van der Waals surface area contributed by atoms with Crippen LogP contribution in [0.4, 0.5) is 0 Å². The topological polar surface area (TPSA) is 50.9 Å². The van der Waals surface area contributed by atoms with Crippen LogP contribution >= 0.6 is 0 Å². The van der Waals surface area contributed by atoms with E-state index in [9.17, 15) is 0 Å². The molecule has 0 aliphatic carbocycles. The number of hydrogen-bond acceptors (Lipinski definition) is 3. The summed E-state index contributed by atoms with van der Waals surface area (Å²) in [6.07, 6.45) is 1.81. The first-order valence-electron chi connectivity index (χ1n) is 5.07. The van der Waals surface area contributed by atoms with Crippen molar-refractivity contribution in [3.63, 3.8) is 0 Å². The van der Waals surface area contributed by atoms with Crippen LogP contribution in [0.1, 0.15) is 25.1 Å². The van der Waals surface area contributed by atoms with E-state index in [0.717, 1.165) is 18.8 Å². The average Bonchev–Trinajstić information content (AvgIpc) is 2.18. The van der Waals surface area contributed by atoms with E-state index in [-0.39, 0.29) is 0 Å². The van der Waals surface area contributed by atoms with E-state index in [1.165, 1.54) is 5.56 Å². The van der Waals surface area contributed by atoms with Gasteiger partial charge in [-0.3, -0.25) is 4.98 Å². The van der Waals surface area contributed by atoms with E-state index >= 15 is 0 Å². The second-order valence-corrected chi connectivity index (χ2v) is 3.88. The Kier molecular flexibility index (Phi) is 4.56. The largest absolute Gasteiger partial charge is 0.325 e. The van der Waals surface area contributed by atoms with E-state index < -0.39 is 0 Å². The summed E-state index contributed by atoms with van der Waals surface area (Å²) in [6, 6.07) is 4.07. The van der Waals surface area contributed by atoms with Crippen LogP contribution in [0.15, 0.2) is 18.3 Å². The summed E-state index contributed by atoms with van der Waals surface area (Å²) < 4.78 is 0. The number of aromatic nitrogens is 1. The van der Waals surface area contributed by atoms with Crippen molar-refractivity contribution in [1.29, 1.82) is 0 Å². The molecule has 1 heterocycles. The molecular formula is C11H19N3. The lowest BCUT2D eigenvalue weighted by Gasteiger charge is -2.07. The molecule has 0 aliphatic heterocycles. The third-order valence-electron chi connectivity index (χ3n) is 1.97. The molecule has 0 saturated heterocycles. The van der Waals surface area contributed by atoms with E-state index in [2.05, 4.69) is 24.1 Å². The van der Waals surface area contributed by atoms with Gasteiger partial charge in [-0.2, -0.15) is 0 Å². The highest BCUT2D eigenvalue weighted by Gasteiger charge is 1.96. The molecule has 0 fully saturated rings. The first kappa shape index (κ1) is 11.1. The predicted molar refractivity (Wildman–Crippen MR) is 58.7 cm³/mol. The van der Waals surface area contributed by atoms with Crippen LogP contribution in [-0.4, -0.2) is 11.5 Å². The fourth-order valence-corrected chi connectivity index (χ4v) is 1.25. The van der Waals surface area contributed by atoms with E-state index in [1.807, 2.05) is 18.3 Å². The summed E-state index contributed by atoms with van der Waals surface area (Å²) in [5, 5.41) is 3.38. The zero-order chi connectivity index (χ0) is 10.4. The summed E-state index contributed by atoms with van der Waals surface area (Å²) >= 11 is 0. The monoisotopic (exact) mass is 193 g/mol. The molecule has 0 radical (unpaired) electrons. The summed E-state index contributed by atoms with van der Waals surface area (Å²) in [5.41, 5.74) is 7.72. The zero-order valence-electron chi connectivity index (χ0n) is 8.96. The Morgan fingerprint density at radius 2 is 2.29 bits per heavy atom. The second kappa shape index (κ2) is 5.73. The van der Waals surface area contributed by atoms with Gasteiger partial charge in [0.1, 0.15) is 0 Å². The maximum Gasteiger partial charge on any atom is 0.0542 e. The quantitative estimate of drug-likeness (QED) is 0.740. The number of rotatable bonds is 5. The highest BCUT2D eigenvalue weighted by molar-refractivity contribution is 5.15. The Labute approximate surface area is 85.7 Å². The molecule has 1 aromatic rings. The highest BCUT2D eigenvalue weighted by atomic mass is 14.9. The molecule has 0 spiro atoms. The molecule has 0 saturated carbocycles. The molecule has 1 aromatic heterocycles. The molecular weight excluding hydrogens is 174 g/mol. The molecule has 0 atom stereocenters. The lowest BCUT2D eigenvalue weighted by molar-refractivity contribution is 0.552. The minimum atomic E-state index is 0.512. The molecule has 1 rings (SSSR count). The van der Waals surface area contributed by atoms with Gasteiger partial charge >= 0.3 is 0 Å². The number of hydrogen-bond donors (Lipinski definition) is 2. The summed E-state index contributed by atoms with van der Waals surface area (Å²) in [5.74, 6) is 0.686. The highest BCUT2D eigenvalue weighted by Crippen LogP contribution is 2.01. The molecule has 0 aromatic carbocycles. The van der Waals surface area contributed by atoms with Crippen molar-refractivity contribution in [2.75, 3.05) is 6.54 Å². The summed E-state index contributed by atoms with van der Waals surface area (Å²) in [6.45, 7) is 6.85. The molecule has 3 nitrogen and oxygen atoms in total. The smallest absolute Gasteiger partial charge is 0.0542 e. The maximum absolute atomic E-state index is 5.51. The molecule has 0 unspecified atom stereocenters. The Morgan fingerprint density at radius 1 is 1.50 bits per heavy atom. The van der Waals surface area contributed by atoms with Gasteiger partial charge in [0.15, 0.2) is 0 Å². The molecule has 0 amide bonds. The van der Waals surface area contributed by atoms with Crippen molar-refractivity contribution in [2.45, 2.75) is 26.9 Å². The number of nitrogens with one attached hydrogen (secondary N) is 1. The number of nitrogens with two attached hydrogens (primary N) is 1. The van der Waals surface area contributed by atoms with E-state index in [4.69, 9.17) is 5.73 Å².